The first-order valence-electron chi connectivity index (χ1n) is 8.19. The lowest BCUT2D eigenvalue weighted by Gasteiger charge is -2.18. The number of carbonyl (C=O) groups excluding carboxylic acids is 2. The smallest absolute Gasteiger partial charge is 0.251 e. The third kappa shape index (κ3) is 5.08. The molecule has 2 aromatic rings. The predicted octanol–water partition coefficient (Wildman–Crippen LogP) is 3.13. The van der Waals surface area contributed by atoms with Gasteiger partial charge in [0, 0.05) is 24.6 Å². The Morgan fingerprint density at radius 3 is 2.40 bits per heavy atom. The molecule has 0 spiro atoms. The SMILES string of the molecule is COc1ccc(C)cc1C(C)NC(=O)c1ccc(CNC(C)=O)cc1. The van der Waals surface area contributed by atoms with Crippen molar-refractivity contribution >= 4 is 11.8 Å². The first-order valence-corrected chi connectivity index (χ1v) is 8.19. The highest BCUT2D eigenvalue weighted by atomic mass is 16.5. The summed E-state index contributed by atoms with van der Waals surface area (Å²) in [7, 11) is 1.62. The molecule has 2 N–H and O–H groups in total. The molecule has 0 radical (unpaired) electrons. The molecule has 0 aliphatic heterocycles. The van der Waals surface area contributed by atoms with E-state index in [9.17, 15) is 9.59 Å². The van der Waals surface area contributed by atoms with Crippen LogP contribution in [0, 0.1) is 6.92 Å². The predicted molar refractivity (Wildman–Crippen MR) is 97.6 cm³/mol. The average Bonchev–Trinajstić information content (AvgIpc) is 2.60. The van der Waals surface area contributed by atoms with Crippen LogP contribution in [0.4, 0.5) is 0 Å². The highest BCUT2D eigenvalue weighted by molar-refractivity contribution is 5.94. The van der Waals surface area contributed by atoms with Gasteiger partial charge in [-0.1, -0.05) is 29.8 Å². The van der Waals surface area contributed by atoms with Crippen LogP contribution in [0.2, 0.25) is 0 Å². The summed E-state index contributed by atoms with van der Waals surface area (Å²) in [6.45, 7) is 5.86. The number of amides is 2. The Balaban J connectivity index is 2.06. The third-order valence-electron chi connectivity index (χ3n) is 3.96. The van der Waals surface area contributed by atoms with Crippen LogP contribution in [0.5, 0.6) is 5.75 Å². The minimum Gasteiger partial charge on any atom is -0.496 e. The number of rotatable bonds is 6. The summed E-state index contributed by atoms with van der Waals surface area (Å²) in [4.78, 5) is 23.4. The lowest BCUT2D eigenvalue weighted by molar-refractivity contribution is -0.119. The Labute approximate surface area is 148 Å². The van der Waals surface area contributed by atoms with Crippen molar-refractivity contribution < 1.29 is 14.3 Å². The molecule has 132 valence electrons. The Bertz CT molecular complexity index is 754. The Hall–Kier alpha value is -2.82. The minimum absolute atomic E-state index is 0.0808. The van der Waals surface area contributed by atoms with Gasteiger partial charge >= 0.3 is 0 Å². The van der Waals surface area contributed by atoms with E-state index in [1.165, 1.54) is 6.92 Å². The molecule has 5 heteroatoms. The van der Waals surface area contributed by atoms with Gasteiger partial charge < -0.3 is 15.4 Å². The zero-order valence-corrected chi connectivity index (χ0v) is 15.1. The van der Waals surface area contributed by atoms with E-state index < -0.39 is 0 Å². The molecular weight excluding hydrogens is 316 g/mol. The molecule has 0 saturated heterocycles. The van der Waals surface area contributed by atoms with Crippen molar-refractivity contribution in [3.05, 3.63) is 64.7 Å². The zero-order valence-electron chi connectivity index (χ0n) is 15.1. The van der Waals surface area contributed by atoms with E-state index in [0.717, 1.165) is 22.4 Å². The van der Waals surface area contributed by atoms with Crippen LogP contribution in [-0.2, 0) is 11.3 Å². The summed E-state index contributed by atoms with van der Waals surface area (Å²) in [6, 6.07) is 12.9. The second kappa shape index (κ2) is 8.33. The molecule has 2 aromatic carbocycles. The van der Waals surface area contributed by atoms with Gasteiger partial charge in [0.05, 0.1) is 13.2 Å². The first-order chi connectivity index (χ1) is 11.9. The molecule has 1 atom stereocenters. The molecule has 0 saturated carbocycles. The fraction of sp³-hybridized carbons (Fsp3) is 0.300. The molecule has 0 heterocycles. The number of benzene rings is 2. The third-order valence-corrected chi connectivity index (χ3v) is 3.96. The fourth-order valence-electron chi connectivity index (χ4n) is 2.55. The summed E-state index contributed by atoms with van der Waals surface area (Å²) < 4.78 is 5.38. The fourth-order valence-corrected chi connectivity index (χ4v) is 2.55. The van der Waals surface area contributed by atoms with Crippen molar-refractivity contribution in [3.8, 4) is 5.75 Å². The first kappa shape index (κ1) is 18.5. The van der Waals surface area contributed by atoms with Gasteiger partial charge in [-0.2, -0.15) is 0 Å². The van der Waals surface area contributed by atoms with E-state index in [1.54, 1.807) is 19.2 Å². The van der Waals surface area contributed by atoms with Crippen LogP contribution in [0.3, 0.4) is 0 Å². The van der Waals surface area contributed by atoms with E-state index in [0.29, 0.717) is 12.1 Å². The molecule has 0 bridgehead atoms. The molecule has 1 unspecified atom stereocenters. The number of carbonyl (C=O) groups is 2. The lowest BCUT2D eigenvalue weighted by Crippen LogP contribution is -2.27. The van der Waals surface area contributed by atoms with Crippen molar-refractivity contribution in [3.63, 3.8) is 0 Å². The second-order valence-corrected chi connectivity index (χ2v) is 6.05. The number of hydrogen-bond acceptors (Lipinski definition) is 3. The molecule has 2 amide bonds. The molecule has 2 rings (SSSR count). The van der Waals surface area contributed by atoms with E-state index in [4.69, 9.17) is 4.74 Å². The van der Waals surface area contributed by atoms with E-state index in [-0.39, 0.29) is 17.9 Å². The monoisotopic (exact) mass is 340 g/mol. The van der Waals surface area contributed by atoms with Crippen LogP contribution in [0.1, 0.15) is 46.9 Å². The summed E-state index contributed by atoms with van der Waals surface area (Å²) in [5.41, 5.74) is 3.57. The maximum Gasteiger partial charge on any atom is 0.251 e. The van der Waals surface area contributed by atoms with Gasteiger partial charge in [-0.15, -0.1) is 0 Å². The Morgan fingerprint density at radius 2 is 1.80 bits per heavy atom. The molecule has 0 aliphatic carbocycles. The molecular formula is C20H24N2O3. The summed E-state index contributed by atoms with van der Waals surface area (Å²) in [6.07, 6.45) is 0. The number of aryl methyl sites for hydroxylation is 1. The van der Waals surface area contributed by atoms with Gasteiger partial charge in [0.1, 0.15) is 5.75 Å². The maximum atomic E-state index is 12.5. The quantitative estimate of drug-likeness (QED) is 0.849. The molecule has 0 fully saturated rings. The van der Waals surface area contributed by atoms with Crippen LogP contribution in [0.25, 0.3) is 0 Å². The van der Waals surface area contributed by atoms with Crippen LogP contribution >= 0.6 is 0 Å². The van der Waals surface area contributed by atoms with Gasteiger partial charge in [-0.05, 0) is 37.6 Å². The number of nitrogens with one attached hydrogen (secondary N) is 2. The minimum atomic E-state index is -0.179. The Kier molecular flexibility index (Phi) is 6.17. The summed E-state index contributed by atoms with van der Waals surface area (Å²) in [5.74, 6) is 0.522. The van der Waals surface area contributed by atoms with Crippen molar-refractivity contribution in [2.75, 3.05) is 7.11 Å². The van der Waals surface area contributed by atoms with Crippen molar-refractivity contribution in [2.45, 2.75) is 33.4 Å². The van der Waals surface area contributed by atoms with Crippen LogP contribution in [0.15, 0.2) is 42.5 Å². The van der Waals surface area contributed by atoms with E-state index >= 15 is 0 Å². The van der Waals surface area contributed by atoms with Gasteiger partial charge in [-0.3, -0.25) is 9.59 Å². The molecule has 0 aliphatic rings. The normalized spacial score (nSPS) is 11.5. The summed E-state index contributed by atoms with van der Waals surface area (Å²) in [5, 5.41) is 5.72. The molecule has 5 nitrogen and oxygen atoms in total. The standard InChI is InChI=1S/C20H24N2O3/c1-13-5-10-19(25-4)18(11-13)14(2)22-20(24)17-8-6-16(7-9-17)12-21-15(3)23/h5-11,14H,12H2,1-4H3,(H,21,23)(H,22,24). The second-order valence-electron chi connectivity index (χ2n) is 6.05. The van der Waals surface area contributed by atoms with Gasteiger partial charge in [0.15, 0.2) is 0 Å². The zero-order chi connectivity index (χ0) is 18.4. The van der Waals surface area contributed by atoms with E-state index in [2.05, 4.69) is 10.6 Å². The maximum absolute atomic E-state index is 12.5. The Morgan fingerprint density at radius 1 is 1.12 bits per heavy atom. The highest BCUT2D eigenvalue weighted by Gasteiger charge is 2.15. The highest BCUT2D eigenvalue weighted by Crippen LogP contribution is 2.26. The number of ether oxygens (including phenoxy) is 1. The molecule has 0 aromatic heterocycles. The molecule has 25 heavy (non-hydrogen) atoms. The average molecular weight is 340 g/mol. The number of hydrogen-bond donors (Lipinski definition) is 2. The number of methoxy groups -OCH3 is 1. The van der Waals surface area contributed by atoms with Crippen LogP contribution < -0.4 is 15.4 Å². The van der Waals surface area contributed by atoms with E-state index in [1.807, 2.05) is 44.2 Å². The van der Waals surface area contributed by atoms with Crippen molar-refractivity contribution in [1.29, 1.82) is 0 Å². The largest absolute Gasteiger partial charge is 0.496 e. The van der Waals surface area contributed by atoms with Crippen LogP contribution in [-0.4, -0.2) is 18.9 Å². The van der Waals surface area contributed by atoms with Gasteiger partial charge in [0.25, 0.3) is 5.91 Å². The van der Waals surface area contributed by atoms with Gasteiger partial charge in [0.2, 0.25) is 5.91 Å². The summed E-state index contributed by atoms with van der Waals surface area (Å²) >= 11 is 0. The van der Waals surface area contributed by atoms with Crippen molar-refractivity contribution in [1.82, 2.24) is 10.6 Å². The van der Waals surface area contributed by atoms with Gasteiger partial charge in [-0.25, -0.2) is 0 Å². The topological polar surface area (TPSA) is 67.4 Å². The van der Waals surface area contributed by atoms with Crippen molar-refractivity contribution in [2.24, 2.45) is 0 Å². The lowest BCUT2D eigenvalue weighted by atomic mass is 10.0.